The van der Waals surface area contributed by atoms with Crippen LogP contribution in [0.4, 0.5) is 5.69 Å². The molecule has 2 unspecified atom stereocenters. The zero-order valence-electron chi connectivity index (χ0n) is 18.5. The van der Waals surface area contributed by atoms with Crippen molar-refractivity contribution < 1.29 is 28.6 Å². The highest BCUT2D eigenvalue weighted by Crippen LogP contribution is 2.36. The van der Waals surface area contributed by atoms with Crippen LogP contribution in [0.5, 0.6) is 5.75 Å². The number of rotatable bonds is 10. The van der Waals surface area contributed by atoms with Crippen LogP contribution >= 0.6 is 15.9 Å². The molecule has 0 aromatic heterocycles. The van der Waals surface area contributed by atoms with Crippen molar-refractivity contribution in [1.82, 2.24) is 0 Å². The first-order valence-corrected chi connectivity index (χ1v) is 11.1. The summed E-state index contributed by atoms with van der Waals surface area (Å²) in [5.74, 6) is -5.83. The molecule has 1 N–H and O–H groups in total. The number of nitriles is 1. The standard InChI is InChI=1S/C24H25BrN2O6/c1-4-32-23(29)21(24(30)33-5-2)20(15-6-8-16(25)9-7-15)19(14-26)22(28)27-17-10-12-18(31-3)13-11-17/h6-13,19-21H,4-5H2,1-3H3,(H,27,28). The molecule has 0 bridgehead atoms. The molecule has 2 aromatic carbocycles. The molecule has 9 heteroatoms. The summed E-state index contributed by atoms with van der Waals surface area (Å²) in [6, 6.07) is 15.2. The number of methoxy groups -OCH3 is 1. The molecule has 174 valence electrons. The molecule has 0 aliphatic rings. The number of carbonyl (C=O) groups is 3. The lowest BCUT2D eigenvalue weighted by atomic mass is 9.76. The van der Waals surface area contributed by atoms with Crippen molar-refractivity contribution in [2.24, 2.45) is 11.8 Å². The smallest absolute Gasteiger partial charge is 0.321 e. The molecular formula is C24H25BrN2O6. The Balaban J connectivity index is 2.51. The van der Waals surface area contributed by atoms with E-state index in [0.29, 0.717) is 17.0 Å². The zero-order chi connectivity index (χ0) is 24.4. The average Bonchev–Trinajstić information content (AvgIpc) is 2.80. The monoisotopic (exact) mass is 516 g/mol. The van der Waals surface area contributed by atoms with E-state index in [1.807, 2.05) is 6.07 Å². The van der Waals surface area contributed by atoms with Gasteiger partial charge >= 0.3 is 11.9 Å². The lowest BCUT2D eigenvalue weighted by molar-refractivity contribution is -0.163. The second-order valence-electron chi connectivity index (χ2n) is 6.88. The minimum atomic E-state index is -1.50. The summed E-state index contributed by atoms with van der Waals surface area (Å²) in [5.41, 5.74) is 0.875. The largest absolute Gasteiger partial charge is 0.497 e. The van der Waals surface area contributed by atoms with E-state index in [4.69, 9.17) is 14.2 Å². The second-order valence-corrected chi connectivity index (χ2v) is 7.80. The number of hydrogen-bond donors (Lipinski definition) is 1. The van der Waals surface area contributed by atoms with Crippen LogP contribution in [0.15, 0.2) is 53.0 Å². The topological polar surface area (TPSA) is 115 Å². The van der Waals surface area contributed by atoms with Crippen LogP contribution in [0.1, 0.15) is 25.3 Å². The first-order valence-electron chi connectivity index (χ1n) is 10.3. The fourth-order valence-corrected chi connectivity index (χ4v) is 3.58. The molecule has 2 aromatic rings. The first-order chi connectivity index (χ1) is 15.9. The number of ether oxygens (including phenoxy) is 3. The van der Waals surface area contributed by atoms with Gasteiger partial charge in [-0.15, -0.1) is 0 Å². The lowest BCUT2D eigenvalue weighted by Crippen LogP contribution is -2.40. The molecule has 0 aliphatic heterocycles. The van der Waals surface area contributed by atoms with Gasteiger partial charge in [-0.1, -0.05) is 28.1 Å². The van der Waals surface area contributed by atoms with E-state index in [2.05, 4.69) is 21.2 Å². The van der Waals surface area contributed by atoms with Crippen LogP contribution in [0, 0.1) is 23.2 Å². The predicted octanol–water partition coefficient (Wildman–Crippen LogP) is 4.06. The first kappa shape index (κ1) is 25.9. The van der Waals surface area contributed by atoms with Gasteiger partial charge in [-0.05, 0) is 55.8 Å². The van der Waals surface area contributed by atoms with Crippen LogP contribution in [0.25, 0.3) is 0 Å². The van der Waals surface area contributed by atoms with Gasteiger partial charge in [0.15, 0.2) is 5.92 Å². The van der Waals surface area contributed by atoms with E-state index in [1.54, 1.807) is 62.4 Å². The molecule has 2 atom stereocenters. The van der Waals surface area contributed by atoms with Crippen LogP contribution in [-0.2, 0) is 23.9 Å². The fourth-order valence-electron chi connectivity index (χ4n) is 3.31. The molecule has 8 nitrogen and oxygen atoms in total. The van der Waals surface area contributed by atoms with E-state index >= 15 is 0 Å². The highest BCUT2D eigenvalue weighted by Gasteiger charge is 2.45. The number of amides is 1. The number of nitrogens with zero attached hydrogens (tertiary/aromatic N) is 1. The summed E-state index contributed by atoms with van der Waals surface area (Å²) in [7, 11) is 1.52. The Morgan fingerprint density at radius 1 is 0.970 bits per heavy atom. The average molecular weight is 517 g/mol. The van der Waals surface area contributed by atoms with E-state index in [0.717, 1.165) is 4.47 Å². The number of esters is 2. The van der Waals surface area contributed by atoms with Gasteiger partial charge in [0.1, 0.15) is 11.7 Å². The van der Waals surface area contributed by atoms with Crippen LogP contribution in [0.2, 0.25) is 0 Å². The molecule has 0 saturated heterocycles. The quantitative estimate of drug-likeness (QED) is 0.373. The van der Waals surface area contributed by atoms with Crippen molar-refractivity contribution in [3.63, 3.8) is 0 Å². The highest BCUT2D eigenvalue weighted by atomic mass is 79.9. The Morgan fingerprint density at radius 2 is 1.52 bits per heavy atom. The van der Waals surface area contributed by atoms with Gasteiger partial charge in [0.25, 0.3) is 0 Å². The summed E-state index contributed by atoms with van der Waals surface area (Å²) < 4.78 is 16.1. The Bertz CT molecular complexity index is 983. The van der Waals surface area contributed by atoms with Crippen molar-refractivity contribution >= 4 is 39.5 Å². The maximum absolute atomic E-state index is 13.2. The van der Waals surface area contributed by atoms with E-state index in [9.17, 15) is 19.6 Å². The number of carbonyl (C=O) groups excluding carboxylic acids is 3. The van der Waals surface area contributed by atoms with E-state index < -0.39 is 35.6 Å². The highest BCUT2D eigenvalue weighted by molar-refractivity contribution is 9.10. The predicted molar refractivity (Wildman–Crippen MR) is 124 cm³/mol. The van der Waals surface area contributed by atoms with Crippen LogP contribution < -0.4 is 10.1 Å². The Kier molecular flexibility index (Phi) is 9.88. The van der Waals surface area contributed by atoms with Gasteiger partial charge < -0.3 is 19.5 Å². The normalized spacial score (nSPS) is 12.2. The second kappa shape index (κ2) is 12.6. The Labute approximate surface area is 201 Å². The third-order valence-electron chi connectivity index (χ3n) is 4.83. The third kappa shape index (κ3) is 6.80. The van der Waals surface area contributed by atoms with Gasteiger partial charge in [-0.3, -0.25) is 14.4 Å². The Morgan fingerprint density at radius 3 is 1.97 bits per heavy atom. The molecule has 0 fully saturated rings. The van der Waals surface area contributed by atoms with Crippen molar-refractivity contribution in [3.05, 3.63) is 58.6 Å². The van der Waals surface area contributed by atoms with Crippen LogP contribution in [0.3, 0.4) is 0 Å². The zero-order valence-corrected chi connectivity index (χ0v) is 20.1. The number of hydrogen-bond acceptors (Lipinski definition) is 7. The summed E-state index contributed by atoms with van der Waals surface area (Å²) in [6.45, 7) is 3.26. The molecule has 0 saturated carbocycles. The molecular weight excluding hydrogens is 492 g/mol. The van der Waals surface area contributed by atoms with Gasteiger partial charge in [0.05, 0.1) is 26.4 Å². The summed E-state index contributed by atoms with van der Waals surface area (Å²) in [4.78, 5) is 38.8. The number of benzene rings is 2. The number of nitrogens with one attached hydrogen (secondary N) is 1. The van der Waals surface area contributed by atoms with Crippen molar-refractivity contribution in [1.29, 1.82) is 5.26 Å². The van der Waals surface area contributed by atoms with Crippen molar-refractivity contribution in [2.75, 3.05) is 25.6 Å². The van der Waals surface area contributed by atoms with Crippen molar-refractivity contribution in [3.8, 4) is 11.8 Å². The van der Waals surface area contributed by atoms with E-state index in [-0.39, 0.29) is 13.2 Å². The molecule has 1 amide bonds. The Hall–Kier alpha value is -3.38. The summed E-state index contributed by atoms with van der Waals surface area (Å²) in [6.07, 6.45) is 0. The SMILES string of the molecule is CCOC(=O)C(C(=O)OCC)C(c1ccc(Br)cc1)C(C#N)C(=O)Nc1ccc(OC)cc1. The molecule has 0 radical (unpaired) electrons. The van der Waals surface area contributed by atoms with Gasteiger partial charge in [-0.25, -0.2) is 0 Å². The van der Waals surface area contributed by atoms with Gasteiger partial charge in [0, 0.05) is 16.1 Å². The van der Waals surface area contributed by atoms with Gasteiger partial charge in [0.2, 0.25) is 5.91 Å². The minimum Gasteiger partial charge on any atom is -0.497 e. The lowest BCUT2D eigenvalue weighted by Gasteiger charge is -2.27. The molecule has 0 heterocycles. The summed E-state index contributed by atoms with van der Waals surface area (Å²) >= 11 is 3.34. The molecule has 0 spiro atoms. The third-order valence-corrected chi connectivity index (χ3v) is 5.36. The summed E-state index contributed by atoms with van der Waals surface area (Å²) in [5, 5.41) is 12.6. The number of anilines is 1. The van der Waals surface area contributed by atoms with E-state index in [1.165, 1.54) is 7.11 Å². The van der Waals surface area contributed by atoms with Crippen molar-refractivity contribution in [2.45, 2.75) is 19.8 Å². The maximum Gasteiger partial charge on any atom is 0.321 e. The fraction of sp³-hybridized carbons (Fsp3) is 0.333. The van der Waals surface area contributed by atoms with Gasteiger partial charge in [-0.2, -0.15) is 5.26 Å². The number of halogens is 1. The minimum absolute atomic E-state index is 0.0249. The molecule has 33 heavy (non-hydrogen) atoms. The molecule has 0 aliphatic carbocycles. The molecule has 2 rings (SSSR count). The van der Waals surface area contributed by atoms with Crippen LogP contribution in [-0.4, -0.2) is 38.2 Å². The maximum atomic E-state index is 13.2.